The third-order valence-corrected chi connectivity index (χ3v) is 5.70. The average molecular weight is 470 g/mol. The summed E-state index contributed by atoms with van der Waals surface area (Å²) in [5.74, 6) is -1.11. The number of halogens is 1. The molecule has 10 nitrogen and oxygen atoms in total. The molecule has 0 bridgehead atoms. The summed E-state index contributed by atoms with van der Waals surface area (Å²) in [4.78, 5) is 38.9. The molecular formula is C19H20ClN3O7S. The lowest BCUT2D eigenvalue weighted by atomic mass is 10.2. The lowest BCUT2D eigenvalue weighted by molar-refractivity contribution is -0.123. The number of rotatable bonds is 8. The number of carbonyl (C=O) groups is 3. The van der Waals surface area contributed by atoms with Crippen molar-refractivity contribution in [2.24, 2.45) is 0 Å². The van der Waals surface area contributed by atoms with Gasteiger partial charge >= 0.3 is 6.09 Å². The predicted octanol–water partition coefficient (Wildman–Crippen LogP) is 0.793. The molecule has 4 N–H and O–H groups in total. The highest BCUT2D eigenvalue weighted by Gasteiger charge is 2.33. The van der Waals surface area contributed by atoms with Crippen LogP contribution in [0.25, 0.3) is 0 Å². The van der Waals surface area contributed by atoms with Gasteiger partial charge in [0.15, 0.2) is 6.23 Å². The van der Waals surface area contributed by atoms with Gasteiger partial charge in [0.05, 0.1) is 28.9 Å². The van der Waals surface area contributed by atoms with E-state index in [9.17, 15) is 19.5 Å². The number of nitrogens with one attached hydrogen (secondary N) is 1. The van der Waals surface area contributed by atoms with Gasteiger partial charge in [-0.1, -0.05) is 11.6 Å². The van der Waals surface area contributed by atoms with Crippen molar-refractivity contribution in [3.05, 3.63) is 45.6 Å². The number of aliphatic hydroxyl groups is 3. The highest BCUT2D eigenvalue weighted by Crippen LogP contribution is 2.26. The Kier molecular flexibility index (Phi) is 7.46. The minimum atomic E-state index is -1.52. The van der Waals surface area contributed by atoms with Crippen molar-refractivity contribution in [2.75, 3.05) is 36.1 Å². The zero-order chi connectivity index (χ0) is 22.5. The van der Waals surface area contributed by atoms with Crippen molar-refractivity contribution < 1.29 is 34.4 Å². The summed E-state index contributed by atoms with van der Waals surface area (Å²) in [6, 6.07) is 9.22. The van der Waals surface area contributed by atoms with Crippen LogP contribution in [0.15, 0.2) is 36.4 Å². The fraction of sp³-hybridized carbons (Fsp3) is 0.316. The van der Waals surface area contributed by atoms with Crippen LogP contribution in [0, 0.1) is 0 Å². The van der Waals surface area contributed by atoms with Crippen molar-refractivity contribution in [3.63, 3.8) is 0 Å². The van der Waals surface area contributed by atoms with Gasteiger partial charge in [0.1, 0.15) is 12.7 Å². The van der Waals surface area contributed by atoms with Crippen LogP contribution in [0.5, 0.6) is 0 Å². The average Bonchev–Trinajstić information content (AvgIpc) is 3.37. The summed E-state index contributed by atoms with van der Waals surface area (Å²) in [6.07, 6.45) is -2.67. The molecule has 2 heterocycles. The number of anilines is 2. The van der Waals surface area contributed by atoms with Crippen molar-refractivity contribution in [1.82, 2.24) is 5.32 Å². The largest absolute Gasteiger partial charge is 0.442 e. The molecule has 2 atom stereocenters. The van der Waals surface area contributed by atoms with E-state index in [1.54, 1.807) is 12.1 Å². The van der Waals surface area contributed by atoms with Gasteiger partial charge in [0.25, 0.3) is 11.8 Å². The van der Waals surface area contributed by atoms with Crippen LogP contribution >= 0.6 is 22.9 Å². The molecule has 0 aliphatic carbocycles. The molecule has 1 aliphatic heterocycles. The number of thiophene rings is 1. The number of carbonyl (C=O) groups excluding carboxylic acids is 3. The van der Waals surface area contributed by atoms with E-state index in [0.717, 1.165) is 16.2 Å². The van der Waals surface area contributed by atoms with Crippen LogP contribution in [-0.2, 0) is 9.53 Å². The Morgan fingerprint density at radius 2 is 1.97 bits per heavy atom. The molecule has 31 heavy (non-hydrogen) atoms. The van der Waals surface area contributed by atoms with E-state index >= 15 is 0 Å². The van der Waals surface area contributed by atoms with Crippen LogP contribution in [0.2, 0.25) is 4.34 Å². The number of ether oxygens (including phenoxy) is 1. The highest BCUT2D eigenvalue weighted by molar-refractivity contribution is 7.18. The van der Waals surface area contributed by atoms with Crippen LogP contribution in [-0.4, -0.2) is 71.9 Å². The molecule has 1 aliphatic rings. The molecular weight excluding hydrogens is 450 g/mol. The molecule has 1 aromatic heterocycles. The molecule has 1 fully saturated rings. The maximum atomic E-state index is 12.2. The fourth-order valence-corrected chi connectivity index (χ4v) is 3.96. The minimum Gasteiger partial charge on any atom is -0.442 e. The van der Waals surface area contributed by atoms with E-state index in [4.69, 9.17) is 26.6 Å². The number of cyclic esters (lactones) is 1. The Morgan fingerprint density at radius 3 is 2.55 bits per heavy atom. The molecule has 0 radical (unpaired) electrons. The maximum Gasteiger partial charge on any atom is 0.414 e. The van der Waals surface area contributed by atoms with E-state index in [1.807, 2.05) is 0 Å². The van der Waals surface area contributed by atoms with Gasteiger partial charge in [-0.3, -0.25) is 19.4 Å². The molecule has 2 aromatic rings. The first kappa shape index (κ1) is 23.0. The number of aliphatic hydroxyl groups excluding tert-OH is 3. The summed E-state index contributed by atoms with van der Waals surface area (Å²) in [7, 11) is 0. The lowest BCUT2D eigenvalue weighted by Crippen LogP contribution is -2.44. The number of hydrogen-bond acceptors (Lipinski definition) is 8. The predicted molar refractivity (Wildman–Crippen MR) is 113 cm³/mol. The first-order valence-corrected chi connectivity index (χ1v) is 10.4. The zero-order valence-corrected chi connectivity index (χ0v) is 17.7. The zero-order valence-electron chi connectivity index (χ0n) is 16.1. The summed E-state index contributed by atoms with van der Waals surface area (Å²) >= 11 is 6.97. The molecule has 3 amide bonds. The van der Waals surface area contributed by atoms with Crippen molar-refractivity contribution in [1.29, 1.82) is 0 Å². The maximum absolute atomic E-state index is 12.2. The first-order valence-electron chi connectivity index (χ1n) is 9.17. The van der Waals surface area contributed by atoms with Crippen molar-refractivity contribution in [3.8, 4) is 0 Å². The Bertz CT molecular complexity index is 952. The number of nitrogens with zero attached hydrogens (tertiary/aromatic N) is 2. The Balaban J connectivity index is 1.63. The van der Waals surface area contributed by atoms with Gasteiger partial charge in [0.2, 0.25) is 0 Å². The summed E-state index contributed by atoms with van der Waals surface area (Å²) in [6.45, 7) is -1.24. The van der Waals surface area contributed by atoms with Gasteiger partial charge < -0.3 is 25.4 Å². The monoisotopic (exact) mass is 469 g/mol. The molecule has 1 unspecified atom stereocenters. The molecule has 12 heteroatoms. The van der Waals surface area contributed by atoms with Gasteiger partial charge in [-0.05, 0) is 36.4 Å². The van der Waals surface area contributed by atoms with E-state index < -0.39 is 37.5 Å². The van der Waals surface area contributed by atoms with Crippen molar-refractivity contribution in [2.45, 2.75) is 12.3 Å². The standard InChI is InChI=1S/C19H20ClN3O7S/c20-15-6-5-14(31-15)18(28)21-7-13-8-22(19(29)30-13)11-1-3-12(4-2-11)23(16(26)9-24)17(27)10-25/h1-6,13,16,24-26H,7-10H2,(H,21,28)/t13-,16?/m0/s1. The molecule has 0 saturated carbocycles. The SMILES string of the molecule is O=C(NC[C@H]1CN(c2ccc(N(C(=O)CO)C(O)CO)cc2)C(=O)O1)c1ccc(Cl)s1. The van der Waals surface area contributed by atoms with E-state index in [1.165, 1.54) is 29.2 Å². The second-order valence-electron chi connectivity index (χ2n) is 6.53. The molecule has 3 rings (SSSR count). The van der Waals surface area contributed by atoms with Gasteiger partial charge in [-0.25, -0.2) is 4.79 Å². The minimum absolute atomic E-state index is 0.121. The Hall–Kier alpha value is -2.70. The Morgan fingerprint density at radius 1 is 1.26 bits per heavy atom. The van der Waals surface area contributed by atoms with Crippen LogP contribution < -0.4 is 15.1 Å². The second kappa shape index (κ2) is 10.1. The Labute approximate surface area is 186 Å². The van der Waals surface area contributed by atoms with Gasteiger partial charge in [0, 0.05) is 11.4 Å². The van der Waals surface area contributed by atoms with E-state index in [-0.39, 0.29) is 24.7 Å². The molecule has 166 valence electrons. The summed E-state index contributed by atoms with van der Waals surface area (Å²) in [5, 5.41) is 30.7. The quantitative estimate of drug-likeness (QED) is 0.419. The van der Waals surface area contributed by atoms with Crippen LogP contribution in [0.1, 0.15) is 9.67 Å². The van der Waals surface area contributed by atoms with Crippen LogP contribution in [0.3, 0.4) is 0 Å². The van der Waals surface area contributed by atoms with E-state index in [2.05, 4.69) is 5.32 Å². The molecule has 1 aromatic carbocycles. The number of amides is 3. The lowest BCUT2D eigenvalue weighted by Gasteiger charge is -2.26. The summed E-state index contributed by atoms with van der Waals surface area (Å²) in [5.41, 5.74) is 0.706. The highest BCUT2D eigenvalue weighted by atomic mass is 35.5. The van der Waals surface area contributed by atoms with Crippen LogP contribution in [0.4, 0.5) is 16.2 Å². The third kappa shape index (κ3) is 5.32. The first-order chi connectivity index (χ1) is 14.8. The number of hydrogen-bond donors (Lipinski definition) is 4. The topological polar surface area (TPSA) is 140 Å². The second-order valence-corrected chi connectivity index (χ2v) is 8.25. The van der Waals surface area contributed by atoms with E-state index in [0.29, 0.717) is 14.9 Å². The van der Waals surface area contributed by atoms with Gasteiger partial charge in [-0.2, -0.15) is 0 Å². The molecule has 0 spiro atoms. The fourth-order valence-electron chi connectivity index (χ4n) is 3.00. The normalized spacial score (nSPS) is 16.7. The smallest absolute Gasteiger partial charge is 0.414 e. The molecule has 1 saturated heterocycles. The summed E-state index contributed by atoms with van der Waals surface area (Å²) < 4.78 is 5.79. The third-order valence-electron chi connectivity index (χ3n) is 4.47. The van der Waals surface area contributed by atoms with Gasteiger partial charge in [-0.15, -0.1) is 11.3 Å². The van der Waals surface area contributed by atoms with Crippen molar-refractivity contribution >= 4 is 52.2 Å². The number of benzene rings is 1.